The number of hydrogen-bond donors (Lipinski definition) is 1. The fraction of sp³-hybridized carbons (Fsp3) is 0.111. The van der Waals surface area contributed by atoms with Crippen LogP contribution in [0.2, 0.25) is 0 Å². The molecule has 0 unspecified atom stereocenters. The zero-order chi connectivity index (χ0) is 9.84. The number of benzene rings is 1. The molecule has 0 heterocycles. The second-order valence-corrected chi connectivity index (χ2v) is 2.40. The van der Waals surface area contributed by atoms with Crippen molar-refractivity contribution in [1.29, 1.82) is 0 Å². The Morgan fingerprint density at radius 2 is 1.93 bits per heavy atom. The van der Waals surface area contributed by atoms with Crippen molar-refractivity contribution in [3.63, 3.8) is 0 Å². The van der Waals surface area contributed by atoms with Crippen LogP contribution in [0, 0.1) is 0 Å². The van der Waals surface area contributed by atoms with E-state index in [0.717, 1.165) is 6.92 Å². The molecule has 0 bridgehead atoms. The third kappa shape index (κ3) is 3.79. The summed E-state index contributed by atoms with van der Waals surface area (Å²) in [6.45, 7) is 1.12. The van der Waals surface area contributed by atoms with E-state index in [0.29, 0.717) is 0 Å². The molecule has 0 amide bonds. The van der Waals surface area contributed by atoms with Gasteiger partial charge in [0.15, 0.2) is 0 Å². The zero-order valence-electron chi connectivity index (χ0n) is 9.69. The van der Waals surface area contributed by atoms with E-state index in [-0.39, 0.29) is 59.6 Å². The average Bonchev–Trinajstić information content (AvgIpc) is 2.03. The van der Waals surface area contributed by atoms with Gasteiger partial charge in [-0.3, -0.25) is 4.79 Å². The molecule has 0 spiro atoms. The normalized spacial score (nSPS) is 8.64. The average molecular weight is 270 g/mol. The minimum Gasteiger partial charge on any atom is -1.00 e. The summed E-state index contributed by atoms with van der Waals surface area (Å²) < 4.78 is 4.28. The Morgan fingerprint density at radius 3 is 2.43 bits per heavy atom. The van der Waals surface area contributed by atoms with E-state index < -0.39 is 11.9 Å². The van der Waals surface area contributed by atoms with Gasteiger partial charge in [0, 0.05) is 6.92 Å². The van der Waals surface area contributed by atoms with E-state index in [1.165, 1.54) is 12.1 Å². The van der Waals surface area contributed by atoms with Gasteiger partial charge in [0.2, 0.25) is 0 Å². The van der Waals surface area contributed by atoms with E-state index in [2.05, 4.69) is 4.74 Å². The molecule has 5 heteroatoms. The number of phenols is 1. The van der Waals surface area contributed by atoms with Gasteiger partial charge in [-0.25, -0.2) is 4.79 Å². The molecule has 0 radical (unpaired) electrons. The van der Waals surface area contributed by atoms with Gasteiger partial charge in [0.1, 0.15) is 11.3 Å². The van der Waals surface area contributed by atoms with Crippen molar-refractivity contribution in [3.05, 3.63) is 29.8 Å². The van der Waals surface area contributed by atoms with E-state index in [9.17, 15) is 14.7 Å². The molecule has 0 fully saturated rings. The topological polar surface area (TPSA) is 63.6 Å². The smallest absolute Gasteiger partial charge is 1.00 e. The van der Waals surface area contributed by atoms with Crippen LogP contribution in [-0.4, -0.2) is 62.5 Å². The number of phenolic OH excluding ortho intramolecular Hbond substituents is 1. The zero-order valence-corrected chi connectivity index (χ0v) is 11.2. The minimum atomic E-state index is -0.842. The number of para-hydroxylation sites is 1. The minimum absolute atomic E-state index is 0. The quantitative estimate of drug-likeness (QED) is 0.468. The molecule has 0 saturated carbocycles. The summed E-state index contributed by atoms with van der Waals surface area (Å²) in [7, 11) is 0. The maximum Gasteiger partial charge on any atom is 2.00 e. The Morgan fingerprint density at radius 1 is 1.36 bits per heavy atom. The van der Waals surface area contributed by atoms with E-state index in [1.807, 2.05) is 0 Å². The summed E-state index contributed by atoms with van der Waals surface area (Å²) in [6, 6.07) is 5.85. The number of hydrogen-bond acceptors (Lipinski definition) is 4. The van der Waals surface area contributed by atoms with Crippen LogP contribution >= 0.6 is 0 Å². The number of carbonyl (C=O) groups is 2. The van der Waals surface area contributed by atoms with Gasteiger partial charge >= 0.3 is 57.4 Å². The van der Waals surface area contributed by atoms with Crippen LogP contribution in [0.25, 0.3) is 0 Å². The van der Waals surface area contributed by atoms with Crippen LogP contribution in [0.15, 0.2) is 24.3 Å². The van der Waals surface area contributed by atoms with Gasteiger partial charge in [-0.05, 0) is 12.1 Å². The fourth-order valence-corrected chi connectivity index (χ4v) is 0.832. The Balaban J connectivity index is -0.000000563. The largest absolute Gasteiger partial charge is 2.00 e. The molecule has 0 aliphatic carbocycles. The summed E-state index contributed by atoms with van der Waals surface area (Å²) in [5, 5.41) is 9.18. The van der Waals surface area contributed by atoms with Crippen molar-refractivity contribution in [1.82, 2.24) is 0 Å². The Labute approximate surface area is 121 Å². The molecular formula is C9H10O4Sr. The molecule has 0 atom stereocenters. The standard InChI is InChI=1S/C9H8O4.Sr.2H/c1-6(10)13-9(12)7-4-2-3-5-8(7)11;;;/h2-5,11H,1H3;;;/q;+2;2*-1. The van der Waals surface area contributed by atoms with Gasteiger partial charge in [0.25, 0.3) is 0 Å². The number of esters is 2. The summed E-state index contributed by atoms with van der Waals surface area (Å²) in [5.41, 5.74) is -0.0160. The van der Waals surface area contributed by atoms with Crippen LogP contribution in [0.3, 0.4) is 0 Å². The molecule has 1 aromatic carbocycles. The third-order valence-corrected chi connectivity index (χ3v) is 1.36. The van der Waals surface area contributed by atoms with Crippen LogP contribution < -0.4 is 0 Å². The summed E-state index contributed by atoms with van der Waals surface area (Å²) in [5.74, 6) is -1.74. The summed E-state index contributed by atoms with van der Waals surface area (Å²) in [4.78, 5) is 21.5. The van der Waals surface area contributed by atoms with Gasteiger partial charge in [-0.1, -0.05) is 12.1 Å². The molecule has 0 aromatic heterocycles. The molecule has 1 rings (SSSR count). The maximum absolute atomic E-state index is 11.1. The first-order valence-electron chi connectivity index (χ1n) is 3.62. The molecule has 4 nitrogen and oxygen atoms in total. The van der Waals surface area contributed by atoms with E-state index >= 15 is 0 Å². The first-order chi connectivity index (χ1) is 6.11. The predicted octanol–water partition coefficient (Wildman–Crippen LogP) is 0.940. The summed E-state index contributed by atoms with van der Waals surface area (Å²) in [6.07, 6.45) is 0. The van der Waals surface area contributed by atoms with Gasteiger partial charge in [-0.2, -0.15) is 0 Å². The SMILES string of the molecule is CC(=O)OC(=O)c1ccccc1O.[H-].[H-].[Sr+2]. The first kappa shape index (κ1) is 13.6. The van der Waals surface area contributed by atoms with Gasteiger partial charge < -0.3 is 12.7 Å². The number of carbonyl (C=O) groups excluding carboxylic acids is 2. The van der Waals surface area contributed by atoms with Crippen LogP contribution in [0.4, 0.5) is 0 Å². The number of aromatic hydroxyl groups is 1. The van der Waals surface area contributed by atoms with Crippen molar-refractivity contribution < 1.29 is 22.3 Å². The number of rotatable bonds is 1. The van der Waals surface area contributed by atoms with Gasteiger partial charge in [-0.15, -0.1) is 0 Å². The molecule has 0 saturated heterocycles. The van der Waals surface area contributed by atoms with Crippen molar-refractivity contribution in [3.8, 4) is 5.75 Å². The third-order valence-electron chi connectivity index (χ3n) is 1.36. The van der Waals surface area contributed by atoms with Crippen molar-refractivity contribution in [2.24, 2.45) is 0 Å². The van der Waals surface area contributed by atoms with E-state index in [1.54, 1.807) is 12.1 Å². The summed E-state index contributed by atoms with van der Waals surface area (Å²) >= 11 is 0. The van der Waals surface area contributed by atoms with Gasteiger partial charge in [0.05, 0.1) is 0 Å². The Kier molecular flexibility index (Phi) is 6.03. The Hall–Kier alpha value is -0.359. The number of ether oxygens (including phenoxy) is 1. The molecule has 0 aliphatic rings. The van der Waals surface area contributed by atoms with Crippen molar-refractivity contribution >= 4 is 57.4 Å². The molecule has 1 aromatic rings. The monoisotopic (exact) mass is 270 g/mol. The Bertz CT molecular complexity index is 357. The van der Waals surface area contributed by atoms with Crippen molar-refractivity contribution in [2.45, 2.75) is 6.92 Å². The molecule has 14 heavy (non-hydrogen) atoms. The van der Waals surface area contributed by atoms with Crippen LogP contribution in [0.5, 0.6) is 5.75 Å². The first-order valence-corrected chi connectivity index (χ1v) is 3.62. The van der Waals surface area contributed by atoms with E-state index in [4.69, 9.17) is 0 Å². The van der Waals surface area contributed by atoms with Crippen LogP contribution in [-0.2, 0) is 9.53 Å². The molecule has 0 aliphatic heterocycles. The van der Waals surface area contributed by atoms with Crippen LogP contribution in [0.1, 0.15) is 20.1 Å². The molecule has 72 valence electrons. The predicted molar refractivity (Wildman–Crippen MR) is 52.2 cm³/mol. The molecule has 1 N–H and O–H groups in total. The molecular weight excluding hydrogens is 260 g/mol. The maximum atomic E-state index is 11.1. The fourth-order valence-electron chi connectivity index (χ4n) is 0.832. The second kappa shape index (κ2) is 6.19. The van der Waals surface area contributed by atoms with Crippen molar-refractivity contribution in [2.75, 3.05) is 0 Å². The second-order valence-electron chi connectivity index (χ2n) is 2.40.